The Hall–Kier alpha value is -2.98. The highest BCUT2D eigenvalue weighted by molar-refractivity contribution is 8.00. The lowest BCUT2D eigenvalue weighted by atomic mass is 9.69. The highest BCUT2D eigenvalue weighted by Gasteiger charge is 2.42. The third kappa shape index (κ3) is 3.96. The summed E-state index contributed by atoms with van der Waals surface area (Å²) < 4.78 is 0. The lowest BCUT2D eigenvalue weighted by Gasteiger charge is -2.40. The number of fused-ring (bicyclic) bond motifs is 3. The zero-order chi connectivity index (χ0) is 25.8. The molecule has 0 amide bonds. The molecule has 0 saturated heterocycles. The van der Waals surface area contributed by atoms with Gasteiger partial charge in [-0.3, -0.25) is 4.99 Å². The molecule has 0 aromatic heterocycles. The number of nitrogens with zero attached hydrogens (tertiary/aromatic N) is 2. The number of benzene rings is 3. The molecule has 4 heteroatoms. The molecule has 3 nitrogen and oxygen atoms in total. The molecule has 1 N–H and O–H groups in total. The fourth-order valence-electron chi connectivity index (χ4n) is 5.60. The lowest BCUT2D eigenvalue weighted by Crippen LogP contribution is -2.41. The first-order valence-electron chi connectivity index (χ1n) is 12.8. The summed E-state index contributed by atoms with van der Waals surface area (Å²) in [5, 5.41) is 4.26. The van der Waals surface area contributed by atoms with Gasteiger partial charge in [-0.15, -0.1) is 0 Å². The van der Waals surface area contributed by atoms with E-state index < -0.39 is 0 Å². The first-order valence-corrected chi connectivity index (χ1v) is 13.7. The van der Waals surface area contributed by atoms with Crippen molar-refractivity contribution in [2.75, 3.05) is 10.2 Å². The van der Waals surface area contributed by atoms with Crippen molar-refractivity contribution in [1.82, 2.24) is 0 Å². The van der Waals surface area contributed by atoms with E-state index in [1.165, 1.54) is 49.8 Å². The average Bonchev–Trinajstić information content (AvgIpc) is 3.15. The first-order chi connectivity index (χ1) is 17.0. The highest BCUT2D eigenvalue weighted by Crippen LogP contribution is 2.55. The minimum absolute atomic E-state index is 0.189. The number of anilines is 3. The van der Waals surface area contributed by atoms with Crippen LogP contribution in [0.5, 0.6) is 0 Å². The van der Waals surface area contributed by atoms with Gasteiger partial charge in [-0.05, 0) is 82.5 Å². The van der Waals surface area contributed by atoms with Crippen molar-refractivity contribution in [1.29, 1.82) is 0 Å². The molecule has 2 aliphatic rings. The van der Waals surface area contributed by atoms with E-state index in [0.29, 0.717) is 5.37 Å². The van der Waals surface area contributed by atoms with Crippen LogP contribution in [0.2, 0.25) is 0 Å². The summed E-state index contributed by atoms with van der Waals surface area (Å²) in [6.45, 7) is 18.0. The summed E-state index contributed by atoms with van der Waals surface area (Å²) in [4.78, 5) is 8.85. The molecule has 0 bridgehead atoms. The summed E-state index contributed by atoms with van der Waals surface area (Å²) in [6, 6.07) is 19.9. The second-order valence-corrected chi connectivity index (χ2v) is 12.5. The van der Waals surface area contributed by atoms with Crippen LogP contribution < -0.4 is 10.2 Å². The van der Waals surface area contributed by atoms with Crippen molar-refractivity contribution in [3.8, 4) is 0 Å². The monoisotopic (exact) mass is 495 g/mol. The van der Waals surface area contributed by atoms with Crippen molar-refractivity contribution in [2.24, 2.45) is 4.99 Å². The smallest absolute Gasteiger partial charge is 0.0819 e. The standard InChI is InChI=1S/C32H37N3S/c1-20-18-21(2)28(22(3)19-20)26-16-17-33-32(7,8)31(5,6)25-14-15-27-30(29(25)34-26)36-23(4)35(27)24-12-10-9-11-13-24/h9-19,23,34H,1-8H3/b26-16-,33-17?. The van der Waals surface area contributed by atoms with Gasteiger partial charge in [0.2, 0.25) is 0 Å². The Labute approximate surface area is 220 Å². The minimum Gasteiger partial charge on any atom is -0.354 e. The fourth-order valence-corrected chi connectivity index (χ4v) is 6.85. The van der Waals surface area contributed by atoms with Gasteiger partial charge in [-0.25, -0.2) is 0 Å². The molecule has 1 unspecified atom stereocenters. The van der Waals surface area contributed by atoms with Gasteiger partial charge >= 0.3 is 0 Å². The van der Waals surface area contributed by atoms with Gasteiger partial charge < -0.3 is 10.2 Å². The van der Waals surface area contributed by atoms with E-state index in [0.717, 1.165) is 5.70 Å². The van der Waals surface area contributed by atoms with E-state index in [1.807, 2.05) is 18.0 Å². The van der Waals surface area contributed by atoms with Gasteiger partial charge in [0.25, 0.3) is 0 Å². The van der Waals surface area contributed by atoms with Crippen LogP contribution in [0.25, 0.3) is 5.70 Å². The van der Waals surface area contributed by atoms with Crippen LogP contribution >= 0.6 is 11.8 Å². The molecule has 3 aromatic carbocycles. The second kappa shape index (κ2) is 8.85. The van der Waals surface area contributed by atoms with Gasteiger partial charge in [-0.2, -0.15) is 0 Å². The third-order valence-corrected chi connectivity index (χ3v) is 9.33. The molecule has 2 heterocycles. The second-order valence-electron chi connectivity index (χ2n) is 11.2. The molecule has 0 spiro atoms. The molecular weight excluding hydrogens is 458 g/mol. The number of aliphatic imine (C=N–C) groups is 1. The number of para-hydroxylation sites is 1. The van der Waals surface area contributed by atoms with Crippen molar-refractivity contribution in [2.45, 2.75) is 76.6 Å². The molecular formula is C32H37N3S. The zero-order valence-corrected chi connectivity index (χ0v) is 23.5. The lowest BCUT2D eigenvalue weighted by molar-refractivity contribution is 0.311. The van der Waals surface area contributed by atoms with Crippen LogP contribution in [0.15, 0.2) is 70.6 Å². The quantitative estimate of drug-likeness (QED) is 0.385. The van der Waals surface area contributed by atoms with Crippen LogP contribution in [0.3, 0.4) is 0 Å². The molecule has 0 fully saturated rings. The van der Waals surface area contributed by atoms with Gasteiger partial charge in [0, 0.05) is 28.6 Å². The van der Waals surface area contributed by atoms with Crippen LogP contribution in [0.4, 0.5) is 17.1 Å². The van der Waals surface area contributed by atoms with E-state index in [9.17, 15) is 0 Å². The number of allylic oxidation sites excluding steroid dienone is 1. The largest absolute Gasteiger partial charge is 0.354 e. The topological polar surface area (TPSA) is 27.6 Å². The first kappa shape index (κ1) is 24.7. The molecule has 5 rings (SSSR count). The highest BCUT2D eigenvalue weighted by atomic mass is 32.2. The molecule has 1 atom stereocenters. The van der Waals surface area contributed by atoms with Gasteiger partial charge in [-0.1, -0.05) is 67.6 Å². The summed E-state index contributed by atoms with van der Waals surface area (Å²) in [7, 11) is 0. The summed E-state index contributed by atoms with van der Waals surface area (Å²) in [5.41, 5.74) is 10.7. The van der Waals surface area contributed by atoms with Crippen molar-refractivity contribution in [3.05, 3.63) is 88.5 Å². The van der Waals surface area contributed by atoms with Gasteiger partial charge in [0.1, 0.15) is 0 Å². The molecule has 186 valence electrons. The normalized spacial score (nSPS) is 21.4. The maximum Gasteiger partial charge on any atom is 0.0819 e. The Morgan fingerprint density at radius 2 is 1.58 bits per heavy atom. The van der Waals surface area contributed by atoms with Crippen LogP contribution in [0.1, 0.15) is 62.4 Å². The zero-order valence-electron chi connectivity index (χ0n) is 22.7. The van der Waals surface area contributed by atoms with E-state index in [-0.39, 0.29) is 11.0 Å². The maximum absolute atomic E-state index is 5.09. The summed E-state index contributed by atoms with van der Waals surface area (Å²) in [6.07, 6.45) is 4.16. The number of rotatable bonds is 2. The Morgan fingerprint density at radius 3 is 2.25 bits per heavy atom. The third-order valence-electron chi connectivity index (χ3n) is 8.13. The van der Waals surface area contributed by atoms with Crippen LogP contribution in [0, 0.1) is 20.8 Å². The maximum atomic E-state index is 5.09. The van der Waals surface area contributed by atoms with Crippen LogP contribution in [-0.4, -0.2) is 17.1 Å². The fraction of sp³-hybridized carbons (Fsp3) is 0.344. The van der Waals surface area contributed by atoms with Crippen molar-refractivity contribution >= 4 is 40.7 Å². The molecule has 36 heavy (non-hydrogen) atoms. The number of hydrogen-bond donors (Lipinski definition) is 1. The molecule has 0 aliphatic carbocycles. The Kier molecular flexibility index (Phi) is 6.07. The minimum atomic E-state index is -0.283. The van der Waals surface area contributed by atoms with Gasteiger partial charge in [0.15, 0.2) is 0 Å². The predicted molar refractivity (Wildman–Crippen MR) is 158 cm³/mol. The summed E-state index contributed by atoms with van der Waals surface area (Å²) in [5.74, 6) is 0. The van der Waals surface area contributed by atoms with Gasteiger partial charge in [0.05, 0.1) is 27.2 Å². The molecule has 0 radical (unpaired) electrons. The molecule has 2 aliphatic heterocycles. The van der Waals surface area contributed by atoms with E-state index in [4.69, 9.17) is 4.99 Å². The van der Waals surface area contributed by atoms with E-state index in [1.54, 1.807) is 0 Å². The number of nitrogens with one attached hydrogen (secondary N) is 1. The number of thioether (sulfide) groups is 1. The van der Waals surface area contributed by atoms with Crippen molar-refractivity contribution in [3.63, 3.8) is 0 Å². The Bertz CT molecular complexity index is 1360. The Morgan fingerprint density at radius 1 is 0.917 bits per heavy atom. The SMILES string of the molecule is Cc1cc(C)c(/C2=C/C=NC(C)(C)C(C)(C)c3ccc4c(c3N2)SC(C)N4c2ccccc2)c(C)c1. The molecule has 3 aromatic rings. The predicted octanol–water partition coefficient (Wildman–Crippen LogP) is 8.80. The molecule has 0 saturated carbocycles. The Balaban J connectivity index is 1.75. The average molecular weight is 496 g/mol. The van der Waals surface area contributed by atoms with E-state index in [2.05, 4.69) is 126 Å². The number of hydrogen-bond acceptors (Lipinski definition) is 4. The summed E-state index contributed by atoms with van der Waals surface area (Å²) >= 11 is 1.94. The van der Waals surface area contributed by atoms with Crippen LogP contribution in [-0.2, 0) is 5.41 Å². The van der Waals surface area contributed by atoms with E-state index >= 15 is 0 Å². The van der Waals surface area contributed by atoms with Crippen molar-refractivity contribution < 1.29 is 0 Å². The number of aryl methyl sites for hydroxylation is 3.